The van der Waals surface area contributed by atoms with Crippen LogP contribution in [0.15, 0.2) is 210 Å². The summed E-state index contributed by atoms with van der Waals surface area (Å²) in [5.41, 5.74) is 92.1. The van der Waals surface area contributed by atoms with Crippen molar-refractivity contribution in [2.75, 3.05) is 123 Å². The first-order chi connectivity index (χ1) is 68.1. The molecule has 0 spiro atoms. The lowest BCUT2D eigenvalue weighted by molar-refractivity contribution is 0.402. The van der Waals surface area contributed by atoms with Gasteiger partial charge in [0.15, 0.2) is 158 Å². The van der Waals surface area contributed by atoms with Gasteiger partial charge in [-0.05, 0) is 181 Å². The molecule has 53 N–H and O–H groups in total. The number of nitrogens with zero attached hydrogens (tertiary/aromatic N) is 19. The van der Waals surface area contributed by atoms with Gasteiger partial charge in [-0.2, -0.15) is 25.0 Å². The maximum absolute atomic E-state index is 9.40. The number of benzene rings is 8. The molecule has 0 saturated heterocycles. The fourth-order valence-corrected chi connectivity index (χ4v) is 10.4. The number of hydrogen-bond acceptors (Lipinski definition) is 27. The number of para-hydroxylation sites is 1. The van der Waals surface area contributed by atoms with Gasteiger partial charge in [0.1, 0.15) is 5.69 Å². The Hall–Kier alpha value is -19.5. The van der Waals surface area contributed by atoms with Crippen molar-refractivity contribution in [3.05, 3.63) is 185 Å². The van der Waals surface area contributed by atoms with Crippen molar-refractivity contribution in [2.45, 2.75) is 44.9 Å². The molecule has 8 rings (SSSR count). The van der Waals surface area contributed by atoms with E-state index in [2.05, 4.69) is 75.5 Å². The van der Waals surface area contributed by atoms with Gasteiger partial charge in [-0.25, -0.2) is 4.99 Å². The topological polar surface area (TPSA) is 1020 Å². The number of aromatic hydroxyl groups is 16. The second kappa shape index (κ2) is 64.5. The van der Waals surface area contributed by atoms with Gasteiger partial charge < -0.3 is 198 Å². The molecule has 0 unspecified atom stereocenters. The Balaban J connectivity index is 0.000000829. The van der Waals surface area contributed by atoms with Crippen LogP contribution in [0.2, 0.25) is 0 Å². The van der Waals surface area contributed by atoms with Gasteiger partial charge in [-0.1, -0.05) is 48.5 Å². The van der Waals surface area contributed by atoms with Crippen molar-refractivity contribution in [2.24, 2.45) is 157 Å². The van der Waals surface area contributed by atoms with Crippen LogP contribution in [0.25, 0.3) is 0 Å². The van der Waals surface area contributed by atoms with E-state index in [4.69, 9.17) is 128 Å². The van der Waals surface area contributed by atoms with E-state index in [9.17, 15) is 61.3 Å². The van der Waals surface area contributed by atoms with Crippen molar-refractivity contribution in [3.8, 4) is 92.0 Å². The molecule has 0 fully saturated rings. The number of nitrogens with one attached hydrogen (secondary N) is 5. The summed E-state index contributed by atoms with van der Waals surface area (Å²) in [6.07, 6.45) is 4.24. The molecule has 0 saturated carbocycles. The molecule has 790 valence electrons. The molecule has 0 radical (unpaired) electrons. The van der Waals surface area contributed by atoms with E-state index < -0.39 is 0 Å². The smallest absolute Gasteiger partial charge is 0.223 e. The molecule has 0 aliphatic carbocycles. The number of guanidine groups is 16. The molecule has 0 heterocycles. The van der Waals surface area contributed by atoms with Gasteiger partial charge in [0.25, 0.3) is 0 Å². The maximum atomic E-state index is 9.40. The quantitative estimate of drug-likeness (QED) is 0.0196. The average Bonchev–Trinajstić information content (AvgIpc) is 0.844. The molecule has 0 amide bonds. The van der Waals surface area contributed by atoms with E-state index in [1.165, 1.54) is 127 Å². The Morgan fingerprint density at radius 2 is 0.655 bits per heavy atom. The Labute approximate surface area is 836 Å². The summed E-state index contributed by atoms with van der Waals surface area (Å²) in [6, 6.07) is 36.8. The van der Waals surface area contributed by atoms with Crippen LogP contribution < -0.4 is 102 Å². The van der Waals surface area contributed by atoms with Crippen molar-refractivity contribution in [1.29, 1.82) is 16.2 Å². The highest BCUT2D eigenvalue weighted by molar-refractivity contribution is 5.99. The lowest BCUT2D eigenvalue weighted by Crippen LogP contribution is -2.46. The first kappa shape index (κ1) is 123. The number of rotatable bonds is 22. The van der Waals surface area contributed by atoms with Gasteiger partial charge in [-0.3, -0.25) is 66.3 Å². The van der Waals surface area contributed by atoms with Gasteiger partial charge in [-0.15, -0.1) is 0 Å². The van der Waals surface area contributed by atoms with Crippen LogP contribution in [0.1, 0.15) is 38.9 Å². The molecule has 8 aromatic carbocycles. The minimum absolute atomic E-state index is 0.0465. The van der Waals surface area contributed by atoms with Crippen molar-refractivity contribution >= 4 is 101 Å². The Morgan fingerprint density at radius 1 is 0.303 bits per heavy atom. The van der Waals surface area contributed by atoms with Crippen LogP contribution in [0.5, 0.6) is 92.0 Å². The van der Waals surface area contributed by atoms with Crippen LogP contribution in [0.4, 0.5) is 5.69 Å². The van der Waals surface area contributed by atoms with E-state index in [0.717, 1.165) is 38.9 Å². The third-order valence-corrected chi connectivity index (χ3v) is 18.7. The summed E-state index contributed by atoms with van der Waals surface area (Å²) in [4.78, 5) is 59.3. The van der Waals surface area contributed by atoms with E-state index in [1.807, 2.05) is 7.05 Å². The molecular formula is C89H138N40O16. The van der Waals surface area contributed by atoms with E-state index in [-0.39, 0.29) is 181 Å². The molecular weight excluding hydrogens is 1890 g/mol. The maximum Gasteiger partial charge on any atom is 0.223 e. The number of nitrogens with two attached hydrogens (primary N) is 16. The van der Waals surface area contributed by atoms with Gasteiger partial charge in [0.2, 0.25) is 29.8 Å². The summed E-state index contributed by atoms with van der Waals surface area (Å²) in [5, 5.41) is 176. The van der Waals surface area contributed by atoms with Crippen LogP contribution >= 0.6 is 0 Å². The summed E-state index contributed by atoms with van der Waals surface area (Å²) in [5.74, 6) is -1.43. The number of phenolic OH excluding ortho intramolecular Hbond substituents is 16. The van der Waals surface area contributed by atoms with Crippen LogP contribution in [0.3, 0.4) is 0 Å². The highest BCUT2D eigenvalue weighted by atomic mass is 16.3. The summed E-state index contributed by atoms with van der Waals surface area (Å²) < 4.78 is 0. The van der Waals surface area contributed by atoms with Crippen LogP contribution in [-0.2, 0) is 44.9 Å². The second-order valence-electron chi connectivity index (χ2n) is 30.1. The zero-order valence-corrected chi connectivity index (χ0v) is 82.1. The van der Waals surface area contributed by atoms with Crippen molar-refractivity contribution in [1.82, 2.24) is 40.0 Å². The van der Waals surface area contributed by atoms with Crippen molar-refractivity contribution in [3.63, 3.8) is 0 Å². The monoisotopic (exact) mass is 2020 g/mol. The third-order valence-electron chi connectivity index (χ3n) is 18.7. The number of aliphatic imine (C=N–C) groups is 13. The van der Waals surface area contributed by atoms with E-state index in [1.54, 1.807) is 118 Å². The fraction of sp³-hybridized carbons (Fsp3) is 0.281. The lowest BCUT2D eigenvalue weighted by atomic mass is 10.1. The molecule has 0 aliphatic rings. The Bertz CT molecular complexity index is 5940. The predicted molar refractivity (Wildman–Crippen MR) is 567 cm³/mol. The molecule has 0 aromatic heterocycles. The van der Waals surface area contributed by atoms with Gasteiger partial charge in [0, 0.05) is 123 Å². The zero-order valence-electron chi connectivity index (χ0n) is 82.1. The number of phenols is 16. The van der Waals surface area contributed by atoms with Gasteiger partial charge in [0.05, 0.1) is 0 Å². The molecule has 8 aromatic rings. The molecule has 56 nitrogen and oxygen atoms in total. The van der Waals surface area contributed by atoms with Crippen LogP contribution in [-0.4, -0.2) is 330 Å². The number of hydrogen-bond donors (Lipinski definition) is 37. The van der Waals surface area contributed by atoms with Gasteiger partial charge >= 0.3 is 0 Å². The largest absolute Gasteiger partial charge is 0.504 e. The Morgan fingerprint density at radius 3 is 1.00 bits per heavy atom. The van der Waals surface area contributed by atoms with Crippen molar-refractivity contribution < 1.29 is 81.7 Å². The fourth-order valence-electron chi connectivity index (χ4n) is 10.4. The standard InChI is InChI=1S/4C12H19N5O2.3C11H17N5O2.C8H11N5O2/c1-17(2)12(14)16-11(13)15-6-5-8-3-4-9(18)10(19)7-8;1-15-11(13)16-12(14)17(2)6-5-8-3-4-9(18)10(19)7-8;1-16(12(15)17(2)11(13)14)6-5-8-3-4-9(18)10(19)7-8;1-15-12(16-11(13)14)17(2)6-5-8-3-4-9(18)10(19)7-8;1-14-10(12)16-11(13)15-5-4-7-2-3-8(17)9(18)6-7;1-16(10(12)13)11(14)15-5-4-7-2-3-8(17)9(18)6-7;1-14-11(16-10(12)13)15-5-4-7-2-3-8(17)9(18)6-7;9-7(10)13-8(11)12-4-2-1-3-5(14)6(4)15/h2*3-4,7,18-19H,5-6H2,1-2H3,(H4,13,14,15,16);3-4,7,15,18-19H,5-6H2,1-2H3,(H3,13,14);3-4,7,18-19H,5-6H2,1-2H3,(H4,13,14,15,16);2-3,6,17-18H,4-5H2,1H3,(H5,12,13,14,15,16);2-3,6,17-18H,4-5H2,1H3,(H3,12,13)(H2,14,15);2-3,6,17-18H,4-5H2,1H3,(H5,12,13,14,15,16);1-3,14-15H,(H6,9,10,11,12,13). The zero-order chi connectivity index (χ0) is 110. The summed E-state index contributed by atoms with van der Waals surface area (Å²) in [7, 11) is 18.2. The minimum atomic E-state index is -0.383. The average molecular weight is 2020 g/mol. The molecule has 56 heteroatoms. The lowest BCUT2D eigenvalue weighted by Gasteiger charge is -2.26. The third kappa shape index (κ3) is 50.4. The number of likely N-dealkylation sites (N-methyl/N-ethyl adjacent to an activating group) is 3. The van der Waals surface area contributed by atoms with Crippen LogP contribution in [0, 0.1) is 16.2 Å². The summed E-state index contributed by atoms with van der Waals surface area (Å²) in [6.45, 7) is 3.53. The molecule has 0 atom stereocenters. The predicted octanol–water partition coefficient (Wildman–Crippen LogP) is -2.10. The highest BCUT2D eigenvalue weighted by Crippen LogP contribution is 2.35. The molecule has 145 heavy (non-hydrogen) atoms. The highest BCUT2D eigenvalue weighted by Gasteiger charge is 2.16. The first-order valence-corrected chi connectivity index (χ1v) is 42.8. The summed E-state index contributed by atoms with van der Waals surface area (Å²) >= 11 is 0. The normalized spacial score (nSPS) is 11.5. The second-order valence-corrected chi connectivity index (χ2v) is 30.1. The Kier molecular flexibility index (Phi) is 55.0. The molecule has 0 aliphatic heterocycles. The minimum Gasteiger partial charge on any atom is -0.504 e. The first-order valence-electron chi connectivity index (χ1n) is 42.8. The van der Waals surface area contributed by atoms with E-state index >= 15 is 0 Å². The molecule has 0 bridgehead atoms. The SMILES string of the molecule is CN(C(=N)N)C(N)=NCCc1ccc(O)c(O)c1.CN(C)C(N)=NC(N)=NCCc1ccc(O)c(O)c1.CN(CCc1ccc(O)c(O)c1)C(=N)N(C)C(=N)N.CN=C(N)N=C(N)N(C)CCc1ccc(O)c(O)c1.CN=C(N)NC(N)=NCCc1ccc(O)c(O)c1.CN=C(N=C(N)N)N(C)CCc1ccc(O)c(O)c1.CN=C(N=C(N)N)NCCc1ccc(O)c(O)c1.NC(N)=NC(N)=Nc1cccc(O)c1O. The van der Waals surface area contributed by atoms with E-state index in [0.29, 0.717) is 103 Å².